The van der Waals surface area contributed by atoms with Crippen molar-refractivity contribution in [3.63, 3.8) is 0 Å². The Morgan fingerprint density at radius 2 is 1.82 bits per heavy atom. The Hall–Kier alpha value is -0.130. The molecule has 0 saturated heterocycles. The van der Waals surface area contributed by atoms with E-state index in [-0.39, 0.29) is 11.2 Å². The van der Waals surface area contributed by atoms with Crippen LogP contribution in [0.15, 0.2) is 0 Å². The van der Waals surface area contributed by atoms with Crippen LogP contribution in [0, 0.1) is 5.41 Å². The van der Waals surface area contributed by atoms with E-state index in [1.807, 2.05) is 0 Å². The van der Waals surface area contributed by atoms with Gasteiger partial charge in [0.1, 0.15) is 9.84 Å². The highest BCUT2D eigenvalue weighted by Crippen LogP contribution is 2.15. The van der Waals surface area contributed by atoms with E-state index >= 15 is 0 Å². The molecule has 5 heteroatoms. The molecule has 0 heterocycles. The summed E-state index contributed by atoms with van der Waals surface area (Å²) in [5.74, 6) is 0.274. The van der Waals surface area contributed by atoms with Gasteiger partial charge < -0.3 is 10.6 Å². The van der Waals surface area contributed by atoms with E-state index in [1.54, 1.807) is 0 Å². The number of hydrogen-bond donors (Lipinski definition) is 1. The molecule has 4 nitrogen and oxygen atoms in total. The van der Waals surface area contributed by atoms with Crippen LogP contribution >= 0.6 is 0 Å². The van der Waals surface area contributed by atoms with E-state index in [4.69, 9.17) is 5.73 Å². The van der Waals surface area contributed by atoms with Crippen LogP contribution in [-0.4, -0.2) is 51.5 Å². The number of rotatable bonds is 9. The molecule has 0 aromatic rings. The maximum Gasteiger partial charge on any atom is 0.147 e. The van der Waals surface area contributed by atoms with Gasteiger partial charge in [0.2, 0.25) is 0 Å². The van der Waals surface area contributed by atoms with E-state index in [9.17, 15) is 8.42 Å². The second-order valence-electron chi connectivity index (χ2n) is 5.63. The molecular formula is C12H28N2O2S. The number of nitrogens with zero attached hydrogens (tertiary/aromatic N) is 1. The van der Waals surface area contributed by atoms with Gasteiger partial charge in [0.15, 0.2) is 0 Å². The minimum Gasteiger partial charge on any atom is -0.330 e. The van der Waals surface area contributed by atoms with Gasteiger partial charge in [0.25, 0.3) is 0 Å². The van der Waals surface area contributed by atoms with Crippen molar-refractivity contribution >= 4 is 9.84 Å². The number of nitrogens with two attached hydrogens (primary N) is 1. The molecule has 0 fully saturated rings. The summed E-state index contributed by atoms with van der Waals surface area (Å²) in [4.78, 5) is 2.32. The minimum atomic E-state index is -2.84. The Kier molecular flexibility index (Phi) is 7.28. The van der Waals surface area contributed by atoms with Crippen LogP contribution in [0.25, 0.3) is 0 Å². The van der Waals surface area contributed by atoms with E-state index in [0.717, 1.165) is 26.1 Å². The molecule has 2 N–H and O–H groups in total. The molecule has 0 aromatic heterocycles. The monoisotopic (exact) mass is 264 g/mol. The largest absolute Gasteiger partial charge is 0.330 e. The molecule has 0 unspecified atom stereocenters. The van der Waals surface area contributed by atoms with Gasteiger partial charge in [-0.25, -0.2) is 8.42 Å². The third-order valence-electron chi connectivity index (χ3n) is 2.73. The van der Waals surface area contributed by atoms with Gasteiger partial charge in [-0.1, -0.05) is 20.8 Å². The topological polar surface area (TPSA) is 63.4 Å². The molecule has 0 aromatic carbocycles. The predicted molar refractivity (Wildman–Crippen MR) is 73.9 cm³/mol. The smallest absolute Gasteiger partial charge is 0.147 e. The Bertz CT molecular complexity index is 300. The third kappa shape index (κ3) is 9.56. The van der Waals surface area contributed by atoms with Gasteiger partial charge >= 0.3 is 0 Å². The first-order chi connectivity index (χ1) is 7.70. The first kappa shape index (κ1) is 16.9. The van der Waals surface area contributed by atoms with Crippen LogP contribution in [0.5, 0.6) is 0 Å². The Morgan fingerprint density at radius 1 is 1.24 bits per heavy atom. The lowest BCUT2D eigenvalue weighted by Gasteiger charge is -2.31. The van der Waals surface area contributed by atoms with Gasteiger partial charge in [-0.15, -0.1) is 0 Å². The minimum absolute atomic E-state index is 0.0975. The van der Waals surface area contributed by atoms with Crippen LogP contribution in [0.2, 0.25) is 0 Å². The average molecular weight is 264 g/mol. The van der Waals surface area contributed by atoms with Crippen molar-refractivity contribution in [1.29, 1.82) is 0 Å². The van der Waals surface area contributed by atoms with Crippen LogP contribution < -0.4 is 5.73 Å². The van der Waals surface area contributed by atoms with Crippen molar-refractivity contribution in [2.75, 3.05) is 38.2 Å². The molecular weight excluding hydrogens is 236 g/mol. The molecule has 0 bridgehead atoms. The van der Waals surface area contributed by atoms with Crippen molar-refractivity contribution < 1.29 is 8.42 Å². The first-order valence-electron chi connectivity index (χ1n) is 6.30. The quantitative estimate of drug-likeness (QED) is 0.678. The fraction of sp³-hybridized carbons (Fsp3) is 1.00. The Morgan fingerprint density at radius 3 is 2.24 bits per heavy atom. The summed E-state index contributed by atoms with van der Waals surface area (Å²) in [6, 6.07) is 0. The average Bonchev–Trinajstić information content (AvgIpc) is 2.15. The van der Waals surface area contributed by atoms with Crippen molar-refractivity contribution in [2.24, 2.45) is 11.1 Å². The summed E-state index contributed by atoms with van der Waals surface area (Å²) in [5, 5.41) is 0. The summed E-state index contributed by atoms with van der Waals surface area (Å²) in [6.45, 7) is 9.86. The summed E-state index contributed by atoms with van der Waals surface area (Å²) < 4.78 is 22.1. The van der Waals surface area contributed by atoms with E-state index in [1.165, 1.54) is 6.26 Å². The van der Waals surface area contributed by atoms with Crippen LogP contribution in [0.3, 0.4) is 0 Å². The summed E-state index contributed by atoms with van der Waals surface area (Å²) in [6.07, 6.45) is 3.08. The van der Waals surface area contributed by atoms with Crippen LogP contribution in [-0.2, 0) is 9.84 Å². The number of hydrogen-bond acceptors (Lipinski definition) is 4. The highest BCUT2D eigenvalue weighted by molar-refractivity contribution is 7.90. The van der Waals surface area contributed by atoms with E-state index in [2.05, 4.69) is 25.7 Å². The zero-order valence-corrected chi connectivity index (χ0v) is 12.5. The molecule has 0 aliphatic heterocycles. The van der Waals surface area contributed by atoms with Crippen molar-refractivity contribution in [1.82, 2.24) is 4.90 Å². The van der Waals surface area contributed by atoms with E-state index in [0.29, 0.717) is 13.0 Å². The highest BCUT2D eigenvalue weighted by atomic mass is 32.2. The fourth-order valence-electron chi connectivity index (χ4n) is 1.81. The molecule has 0 aliphatic rings. The van der Waals surface area contributed by atoms with E-state index < -0.39 is 9.84 Å². The molecule has 0 aliphatic carbocycles. The number of sulfone groups is 1. The van der Waals surface area contributed by atoms with Gasteiger partial charge in [-0.2, -0.15) is 0 Å². The van der Waals surface area contributed by atoms with Crippen molar-refractivity contribution in [3.8, 4) is 0 Å². The SMILES string of the molecule is CCCN(CCCS(C)(=O)=O)CC(C)(C)CN. The molecule has 0 rings (SSSR count). The second kappa shape index (κ2) is 7.34. The first-order valence-corrected chi connectivity index (χ1v) is 8.36. The molecule has 0 spiro atoms. The van der Waals surface area contributed by atoms with Gasteiger partial charge in [0, 0.05) is 12.8 Å². The molecule has 0 amide bonds. The molecule has 0 radical (unpaired) electrons. The molecule has 17 heavy (non-hydrogen) atoms. The molecule has 0 saturated carbocycles. The van der Waals surface area contributed by atoms with Gasteiger partial charge in [0.05, 0.1) is 5.75 Å². The zero-order valence-electron chi connectivity index (χ0n) is 11.7. The zero-order chi connectivity index (χ0) is 13.5. The fourth-order valence-corrected chi connectivity index (χ4v) is 2.46. The summed E-state index contributed by atoms with van der Waals surface area (Å²) in [7, 11) is -2.84. The summed E-state index contributed by atoms with van der Waals surface area (Å²) in [5.41, 5.74) is 5.82. The Balaban J connectivity index is 4.16. The highest BCUT2D eigenvalue weighted by Gasteiger charge is 2.19. The van der Waals surface area contributed by atoms with Gasteiger partial charge in [-0.05, 0) is 37.9 Å². The predicted octanol–water partition coefficient (Wildman–Crippen LogP) is 1.12. The maximum absolute atomic E-state index is 11.1. The third-order valence-corrected chi connectivity index (χ3v) is 3.76. The second-order valence-corrected chi connectivity index (χ2v) is 7.89. The van der Waals surface area contributed by atoms with Crippen molar-refractivity contribution in [3.05, 3.63) is 0 Å². The summed E-state index contributed by atoms with van der Waals surface area (Å²) >= 11 is 0. The Labute approximate surface area is 106 Å². The van der Waals surface area contributed by atoms with Gasteiger partial charge in [-0.3, -0.25) is 0 Å². The van der Waals surface area contributed by atoms with Crippen LogP contribution in [0.4, 0.5) is 0 Å². The lowest BCUT2D eigenvalue weighted by atomic mass is 9.93. The van der Waals surface area contributed by atoms with Crippen molar-refractivity contribution in [2.45, 2.75) is 33.6 Å². The molecule has 104 valence electrons. The lowest BCUT2D eigenvalue weighted by molar-refractivity contribution is 0.183. The standard InChI is InChI=1S/C12H28N2O2S/c1-5-7-14(11-12(2,3)10-13)8-6-9-17(4,15)16/h5-11,13H2,1-4H3. The molecule has 0 atom stereocenters. The lowest BCUT2D eigenvalue weighted by Crippen LogP contribution is -2.40. The normalized spacial score (nSPS) is 13.3. The maximum atomic E-state index is 11.1. The van der Waals surface area contributed by atoms with Crippen LogP contribution in [0.1, 0.15) is 33.6 Å².